The summed E-state index contributed by atoms with van der Waals surface area (Å²) in [4.78, 5) is 17.7. The predicted molar refractivity (Wildman–Crippen MR) is 99.1 cm³/mol. The van der Waals surface area contributed by atoms with Crippen molar-refractivity contribution in [1.82, 2.24) is 19.6 Å². The molecular weight excluding hydrogens is 336 g/mol. The minimum Gasteiger partial charge on any atom is -0.495 e. The van der Waals surface area contributed by atoms with Crippen molar-refractivity contribution >= 4 is 17.2 Å². The molecule has 2 aromatic heterocycles. The van der Waals surface area contributed by atoms with E-state index in [4.69, 9.17) is 4.74 Å². The molecule has 0 aromatic carbocycles. The molecule has 1 fully saturated rings. The lowest BCUT2D eigenvalue weighted by molar-refractivity contribution is 0.0647. The number of rotatable bonds is 5. The van der Waals surface area contributed by atoms with E-state index in [1.165, 1.54) is 16.9 Å². The summed E-state index contributed by atoms with van der Waals surface area (Å²) in [5, 5.41) is 6.23. The number of aromatic nitrogens is 2. The fourth-order valence-corrected chi connectivity index (χ4v) is 4.64. The third-order valence-corrected chi connectivity index (χ3v) is 5.86. The molecule has 0 N–H and O–H groups in total. The van der Waals surface area contributed by atoms with E-state index in [-0.39, 0.29) is 5.91 Å². The Morgan fingerprint density at radius 1 is 1.48 bits per heavy atom. The number of carbonyl (C=O) groups is 1. The molecule has 0 saturated carbocycles. The zero-order chi connectivity index (χ0) is 18.0. The van der Waals surface area contributed by atoms with Crippen molar-refractivity contribution < 1.29 is 9.53 Å². The highest BCUT2D eigenvalue weighted by Crippen LogP contribution is 2.36. The van der Waals surface area contributed by atoms with Crippen molar-refractivity contribution in [2.75, 3.05) is 34.3 Å². The van der Waals surface area contributed by atoms with Crippen LogP contribution in [0.4, 0.5) is 0 Å². The molecule has 0 unspecified atom stereocenters. The van der Waals surface area contributed by atoms with E-state index in [1.54, 1.807) is 7.11 Å². The monoisotopic (exact) mass is 362 g/mol. The van der Waals surface area contributed by atoms with Crippen molar-refractivity contribution in [2.45, 2.75) is 18.9 Å². The normalized spacial score (nSPS) is 21.3. The summed E-state index contributed by atoms with van der Waals surface area (Å²) in [6.45, 7) is 1.80. The van der Waals surface area contributed by atoms with Crippen LogP contribution in [0.15, 0.2) is 23.8 Å². The van der Waals surface area contributed by atoms with Crippen molar-refractivity contribution in [3.63, 3.8) is 0 Å². The fourth-order valence-electron chi connectivity index (χ4n) is 3.79. The number of hydrogen-bond acceptors (Lipinski definition) is 5. The lowest BCUT2D eigenvalue weighted by Gasteiger charge is -2.40. The first-order chi connectivity index (χ1) is 12.0. The molecule has 3 rings (SSSR count). The average Bonchev–Trinajstić information content (AvgIpc) is 3.22. The third-order valence-electron chi connectivity index (χ3n) is 4.97. The number of aryl methyl sites for hydroxylation is 1. The van der Waals surface area contributed by atoms with Crippen molar-refractivity contribution in [3.05, 3.63) is 34.3 Å². The quantitative estimate of drug-likeness (QED) is 0.820. The van der Waals surface area contributed by atoms with Gasteiger partial charge < -0.3 is 9.64 Å². The molecule has 1 saturated heterocycles. The van der Waals surface area contributed by atoms with Gasteiger partial charge in [-0.05, 0) is 43.8 Å². The molecule has 1 aliphatic heterocycles. The van der Waals surface area contributed by atoms with Crippen molar-refractivity contribution in [1.29, 1.82) is 0 Å². The van der Waals surface area contributed by atoms with Crippen LogP contribution in [-0.2, 0) is 7.05 Å². The summed E-state index contributed by atoms with van der Waals surface area (Å²) >= 11 is 1.43. The molecule has 136 valence electrons. The maximum Gasteiger partial charge on any atom is 0.267 e. The summed E-state index contributed by atoms with van der Waals surface area (Å²) in [5.74, 6) is 1.08. The molecule has 2 aromatic rings. The first kappa shape index (κ1) is 17.9. The molecule has 1 aliphatic rings. The van der Waals surface area contributed by atoms with Crippen molar-refractivity contribution in [3.8, 4) is 5.75 Å². The number of thiophene rings is 1. The van der Waals surface area contributed by atoms with Crippen LogP contribution in [-0.4, -0.2) is 59.8 Å². The molecule has 6 nitrogen and oxygen atoms in total. The van der Waals surface area contributed by atoms with Gasteiger partial charge in [0, 0.05) is 38.4 Å². The standard InChI is InChI=1S/C18H26N4O2S/c1-20-8-5-6-13(16(20)14-10-19-22(3)12-14)11-21(2)18(23)17-15(24-4)7-9-25-17/h7,9-10,12-13,16H,5-6,8,11H2,1-4H3/t13-,16+/m0/s1. The number of ether oxygens (including phenoxy) is 1. The predicted octanol–water partition coefficient (Wildman–Crippen LogP) is 2.65. The van der Waals surface area contributed by atoms with E-state index in [2.05, 4.69) is 23.2 Å². The number of methoxy groups -OCH3 is 1. The van der Waals surface area contributed by atoms with Gasteiger partial charge >= 0.3 is 0 Å². The van der Waals surface area contributed by atoms with E-state index in [0.717, 1.165) is 25.9 Å². The van der Waals surface area contributed by atoms with Gasteiger partial charge in [0.15, 0.2) is 0 Å². The molecule has 0 bridgehead atoms. The summed E-state index contributed by atoms with van der Waals surface area (Å²) < 4.78 is 7.15. The summed E-state index contributed by atoms with van der Waals surface area (Å²) in [6, 6.07) is 2.14. The molecule has 2 atom stereocenters. The van der Waals surface area contributed by atoms with Gasteiger partial charge in [-0.1, -0.05) is 0 Å². The lowest BCUT2D eigenvalue weighted by Crippen LogP contribution is -2.42. The van der Waals surface area contributed by atoms with Crippen LogP contribution in [0.2, 0.25) is 0 Å². The second-order valence-corrected chi connectivity index (χ2v) is 7.69. The van der Waals surface area contributed by atoms with Crippen LogP contribution >= 0.6 is 11.3 Å². The highest BCUT2D eigenvalue weighted by molar-refractivity contribution is 7.12. The van der Waals surface area contributed by atoms with E-state index < -0.39 is 0 Å². The second-order valence-electron chi connectivity index (χ2n) is 6.78. The lowest BCUT2D eigenvalue weighted by atomic mass is 9.85. The van der Waals surface area contributed by atoms with Gasteiger partial charge in [0.25, 0.3) is 5.91 Å². The maximum absolute atomic E-state index is 12.8. The first-order valence-electron chi connectivity index (χ1n) is 8.57. The molecule has 7 heteroatoms. The second kappa shape index (κ2) is 7.58. The zero-order valence-electron chi connectivity index (χ0n) is 15.3. The fraction of sp³-hybridized carbons (Fsp3) is 0.556. The van der Waals surface area contributed by atoms with E-state index in [0.29, 0.717) is 22.6 Å². The first-order valence-corrected chi connectivity index (χ1v) is 9.45. The molecule has 0 radical (unpaired) electrons. The summed E-state index contributed by atoms with van der Waals surface area (Å²) in [6.07, 6.45) is 6.30. The molecular formula is C18H26N4O2S. The maximum atomic E-state index is 12.8. The summed E-state index contributed by atoms with van der Waals surface area (Å²) in [5.41, 5.74) is 1.23. The van der Waals surface area contributed by atoms with Crippen LogP contribution < -0.4 is 4.74 Å². The Balaban J connectivity index is 1.76. The number of amides is 1. The highest BCUT2D eigenvalue weighted by atomic mass is 32.1. The Labute approximate surface area is 153 Å². The Hall–Kier alpha value is -1.86. The van der Waals surface area contributed by atoms with Gasteiger partial charge in [0.1, 0.15) is 10.6 Å². The summed E-state index contributed by atoms with van der Waals surface area (Å²) in [7, 11) is 7.60. The van der Waals surface area contributed by atoms with Gasteiger partial charge in [-0.2, -0.15) is 5.10 Å². The largest absolute Gasteiger partial charge is 0.495 e. The topological polar surface area (TPSA) is 50.6 Å². The molecule has 0 spiro atoms. The molecule has 1 amide bonds. The van der Waals surface area contributed by atoms with Gasteiger partial charge in [-0.25, -0.2) is 0 Å². The Bertz CT molecular complexity index is 726. The minimum absolute atomic E-state index is 0.0324. The number of likely N-dealkylation sites (tertiary alicyclic amines) is 1. The Morgan fingerprint density at radius 2 is 2.28 bits per heavy atom. The average molecular weight is 362 g/mol. The van der Waals surface area contributed by atoms with Crippen LogP contribution in [0.3, 0.4) is 0 Å². The SMILES string of the molecule is COc1ccsc1C(=O)N(C)C[C@@H]1CCCN(C)[C@H]1c1cnn(C)c1. The smallest absolute Gasteiger partial charge is 0.267 e. The van der Waals surface area contributed by atoms with Gasteiger partial charge in [0.05, 0.1) is 13.3 Å². The van der Waals surface area contributed by atoms with E-state index >= 15 is 0 Å². The van der Waals surface area contributed by atoms with Gasteiger partial charge in [-0.3, -0.25) is 14.4 Å². The van der Waals surface area contributed by atoms with Gasteiger partial charge in [0.2, 0.25) is 0 Å². The number of hydrogen-bond donors (Lipinski definition) is 0. The van der Waals surface area contributed by atoms with Crippen LogP contribution in [0.5, 0.6) is 5.75 Å². The minimum atomic E-state index is 0.0324. The molecule has 25 heavy (non-hydrogen) atoms. The zero-order valence-corrected chi connectivity index (χ0v) is 16.1. The van der Waals surface area contributed by atoms with Gasteiger partial charge in [-0.15, -0.1) is 11.3 Å². The van der Waals surface area contributed by atoms with Crippen LogP contribution in [0, 0.1) is 5.92 Å². The number of nitrogens with zero attached hydrogens (tertiary/aromatic N) is 4. The van der Waals surface area contributed by atoms with E-state index in [9.17, 15) is 4.79 Å². The molecule has 3 heterocycles. The van der Waals surface area contributed by atoms with E-state index in [1.807, 2.05) is 41.3 Å². The number of piperidine rings is 1. The number of carbonyl (C=O) groups excluding carboxylic acids is 1. The Morgan fingerprint density at radius 3 is 2.96 bits per heavy atom. The van der Waals surface area contributed by atoms with Crippen molar-refractivity contribution in [2.24, 2.45) is 13.0 Å². The molecule has 0 aliphatic carbocycles. The van der Waals surface area contributed by atoms with Crippen LogP contribution in [0.25, 0.3) is 0 Å². The van der Waals surface area contributed by atoms with Crippen LogP contribution in [0.1, 0.15) is 34.1 Å². The third kappa shape index (κ3) is 3.72. The Kier molecular flexibility index (Phi) is 5.44. The highest BCUT2D eigenvalue weighted by Gasteiger charge is 2.33.